The standard InChI is InChI=1S/C17H21N3O/c1-2-20(12-6-9-14-7-4-3-5-8-14)13-16-18-17(21-19-16)15-10-11-15/h3-9,15H,2,10-13H2,1H3/b9-6+. The van der Waals surface area contributed by atoms with Crippen LogP contribution in [0.2, 0.25) is 0 Å². The summed E-state index contributed by atoms with van der Waals surface area (Å²) < 4.78 is 5.30. The van der Waals surface area contributed by atoms with Crippen LogP contribution in [0.1, 0.15) is 43.0 Å². The molecular weight excluding hydrogens is 262 g/mol. The van der Waals surface area contributed by atoms with Crippen LogP contribution in [0.25, 0.3) is 6.08 Å². The average Bonchev–Trinajstić information content (AvgIpc) is 3.27. The van der Waals surface area contributed by atoms with E-state index in [-0.39, 0.29) is 0 Å². The second kappa shape index (κ2) is 6.68. The Balaban J connectivity index is 1.53. The van der Waals surface area contributed by atoms with Crippen LogP contribution in [-0.2, 0) is 6.54 Å². The molecule has 0 saturated heterocycles. The van der Waals surface area contributed by atoms with Crippen LogP contribution in [0, 0.1) is 0 Å². The molecule has 1 fully saturated rings. The van der Waals surface area contributed by atoms with Crippen LogP contribution >= 0.6 is 0 Å². The first-order valence-electron chi connectivity index (χ1n) is 7.61. The van der Waals surface area contributed by atoms with Gasteiger partial charge in [-0.05, 0) is 24.9 Å². The minimum absolute atomic E-state index is 0.527. The zero-order chi connectivity index (χ0) is 14.5. The number of hydrogen-bond donors (Lipinski definition) is 0. The molecule has 0 bridgehead atoms. The number of nitrogens with zero attached hydrogens (tertiary/aromatic N) is 3. The van der Waals surface area contributed by atoms with E-state index in [9.17, 15) is 0 Å². The van der Waals surface area contributed by atoms with Crippen molar-refractivity contribution in [1.29, 1.82) is 0 Å². The normalized spacial score (nSPS) is 15.1. The Labute approximate surface area is 125 Å². The lowest BCUT2D eigenvalue weighted by Gasteiger charge is -2.15. The van der Waals surface area contributed by atoms with Gasteiger partial charge in [-0.1, -0.05) is 54.6 Å². The average molecular weight is 283 g/mol. The molecule has 2 aromatic rings. The Morgan fingerprint density at radius 3 is 2.81 bits per heavy atom. The predicted octanol–water partition coefficient (Wildman–Crippen LogP) is 3.48. The highest BCUT2D eigenvalue weighted by Gasteiger charge is 2.29. The van der Waals surface area contributed by atoms with Gasteiger partial charge in [0.2, 0.25) is 5.89 Å². The molecular formula is C17H21N3O. The topological polar surface area (TPSA) is 42.2 Å². The Kier molecular flexibility index (Phi) is 4.46. The fraction of sp³-hybridized carbons (Fsp3) is 0.412. The van der Waals surface area contributed by atoms with Gasteiger partial charge in [-0.3, -0.25) is 4.90 Å². The quantitative estimate of drug-likeness (QED) is 0.780. The van der Waals surface area contributed by atoms with E-state index in [0.29, 0.717) is 5.92 Å². The fourth-order valence-corrected chi connectivity index (χ4v) is 2.24. The first-order valence-corrected chi connectivity index (χ1v) is 7.61. The minimum atomic E-state index is 0.527. The highest BCUT2D eigenvalue weighted by atomic mass is 16.5. The van der Waals surface area contributed by atoms with Gasteiger partial charge >= 0.3 is 0 Å². The maximum absolute atomic E-state index is 5.30. The molecule has 0 amide bonds. The number of benzene rings is 1. The molecule has 0 N–H and O–H groups in total. The molecule has 1 saturated carbocycles. The Hall–Kier alpha value is -1.94. The number of rotatable bonds is 7. The van der Waals surface area contributed by atoms with Gasteiger partial charge in [0.05, 0.1) is 6.54 Å². The summed E-state index contributed by atoms with van der Waals surface area (Å²) in [5.41, 5.74) is 1.23. The highest BCUT2D eigenvalue weighted by molar-refractivity contribution is 5.48. The van der Waals surface area contributed by atoms with Crippen LogP contribution < -0.4 is 0 Å². The molecule has 4 heteroatoms. The van der Waals surface area contributed by atoms with Crippen LogP contribution in [0.4, 0.5) is 0 Å². The summed E-state index contributed by atoms with van der Waals surface area (Å²) in [5, 5.41) is 4.08. The van der Waals surface area contributed by atoms with E-state index in [0.717, 1.165) is 31.3 Å². The van der Waals surface area contributed by atoms with E-state index >= 15 is 0 Å². The van der Waals surface area contributed by atoms with Crippen molar-refractivity contribution in [3.8, 4) is 0 Å². The van der Waals surface area contributed by atoms with Gasteiger partial charge in [0.15, 0.2) is 5.82 Å². The van der Waals surface area contributed by atoms with Crippen LogP contribution in [-0.4, -0.2) is 28.1 Å². The van der Waals surface area contributed by atoms with Gasteiger partial charge in [-0.15, -0.1) is 0 Å². The zero-order valence-corrected chi connectivity index (χ0v) is 12.4. The number of hydrogen-bond acceptors (Lipinski definition) is 4. The first-order chi connectivity index (χ1) is 10.3. The lowest BCUT2D eigenvalue weighted by molar-refractivity contribution is 0.294. The van der Waals surface area contributed by atoms with Crippen molar-refractivity contribution in [2.45, 2.75) is 32.2 Å². The monoisotopic (exact) mass is 283 g/mol. The van der Waals surface area contributed by atoms with E-state index in [1.54, 1.807) is 0 Å². The maximum atomic E-state index is 5.30. The number of likely N-dealkylation sites (N-methyl/N-ethyl adjacent to an activating group) is 1. The van der Waals surface area contributed by atoms with Crippen molar-refractivity contribution in [3.63, 3.8) is 0 Å². The molecule has 0 spiro atoms. The third-order valence-corrected chi connectivity index (χ3v) is 3.70. The molecule has 1 heterocycles. The van der Waals surface area contributed by atoms with E-state index in [1.807, 2.05) is 6.07 Å². The molecule has 0 unspecified atom stereocenters. The van der Waals surface area contributed by atoms with Gasteiger partial charge in [0.1, 0.15) is 0 Å². The second-order valence-electron chi connectivity index (χ2n) is 5.46. The summed E-state index contributed by atoms with van der Waals surface area (Å²) in [6.07, 6.45) is 6.72. The molecule has 0 radical (unpaired) electrons. The highest BCUT2D eigenvalue weighted by Crippen LogP contribution is 2.38. The summed E-state index contributed by atoms with van der Waals surface area (Å²) in [6.45, 7) is 4.75. The third kappa shape index (κ3) is 4.02. The number of aromatic nitrogens is 2. The van der Waals surface area contributed by atoms with Gasteiger partial charge in [0.25, 0.3) is 0 Å². The SMILES string of the molecule is CCN(C/C=C/c1ccccc1)Cc1noc(C2CC2)n1. The summed E-state index contributed by atoms with van der Waals surface area (Å²) in [4.78, 5) is 6.78. The van der Waals surface area contributed by atoms with Crippen molar-refractivity contribution in [2.24, 2.45) is 0 Å². The van der Waals surface area contributed by atoms with E-state index in [2.05, 4.69) is 58.4 Å². The molecule has 21 heavy (non-hydrogen) atoms. The predicted molar refractivity (Wildman–Crippen MR) is 82.7 cm³/mol. The second-order valence-corrected chi connectivity index (χ2v) is 5.46. The molecule has 1 aliphatic carbocycles. The van der Waals surface area contributed by atoms with Gasteiger partial charge < -0.3 is 4.52 Å². The van der Waals surface area contributed by atoms with Crippen LogP contribution in [0.15, 0.2) is 40.9 Å². The molecule has 3 rings (SSSR count). The lowest BCUT2D eigenvalue weighted by atomic mass is 10.2. The molecule has 4 nitrogen and oxygen atoms in total. The molecule has 1 aromatic heterocycles. The Morgan fingerprint density at radius 2 is 2.10 bits per heavy atom. The summed E-state index contributed by atoms with van der Waals surface area (Å²) in [7, 11) is 0. The third-order valence-electron chi connectivity index (χ3n) is 3.70. The van der Waals surface area contributed by atoms with Gasteiger partial charge in [-0.25, -0.2) is 0 Å². The van der Waals surface area contributed by atoms with Crippen molar-refractivity contribution >= 4 is 6.08 Å². The summed E-state index contributed by atoms with van der Waals surface area (Å²) >= 11 is 0. The molecule has 0 aliphatic heterocycles. The Morgan fingerprint density at radius 1 is 1.29 bits per heavy atom. The fourth-order valence-electron chi connectivity index (χ4n) is 2.24. The van der Waals surface area contributed by atoms with E-state index in [4.69, 9.17) is 4.52 Å². The van der Waals surface area contributed by atoms with Crippen LogP contribution in [0.5, 0.6) is 0 Å². The van der Waals surface area contributed by atoms with Crippen LogP contribution in [0.3, 0.4) is 0 Å². The van der Waals surface area contributed by atoms with Crippen molar-refractivity contribution in [2.75, 3.05) is 13.1 Å². The van der Waals surface area contributed by atoms with Crippen molar-refractivity contribution in [3.05, 3.63) is 53.7 Å². The van der Waals surface area contributed by atoms with E-state index in [1.165, 1.54) is 18.4 Å². The molecule has 0 atom stereocenters. The lowest BCUT2D eigenvalue weighted by Crippen LogP contribution is -2.23. The minimum Gasteiger partial charge on any atom is -0.339 e. The van der Waals surface area contributed by atoms with Gasteiger partial charge in [-0.2, -0.15) is 4.98 Å². The molecule has 1 aliphatic rings. The summed E-state index contributed by atoms with van der Waals surface area (Å²) in [6, 6.07) is 10.3. The first kappa shape index (κ1) is 14.0. The zero-order valence-electron chi connectivity index (χ0n) is 12.4. The smallest absolute Gasteiger partial charge is 0.229 e. The molecule has 110 valence electrons. The Bertz CT molecular complexity index is 587. The van der Waals surface area contributed by atoms with Crippen molar-refractivity contribution in [1.82, 2.24) is 15.0 Å². The maximum Gasteiger partial charge on any atom is 0.229 e. The molecule has 1 aromatic carbocycles. The van der Waals surface area contributed by atoms with Crippen molar-refractivity contribution < 1.29 is 4.52 Å². The largest absolute Gasteiger partial charge is 0.339 e. The van der Waals surface area contributed by atoms with E-state index < -0.39 is 0 Å². The van der Waals surface area contributed by atoms with Gasteiger partial charge in [0, 0.05) is 12.5 Å². The summed E-state index contributed by atoms with van der Waals surface area (Å²) in [5.74, 6) is 2.15.